The summed E-state index contributed by atoms with van der Waals surface area (Å²) in [6.07, 6.45) is 2.39. The van der Waals surface area contributed by atoms with Crippen molar-refractivity contribution in [2.75, 3.05) is 6.54 Å². The zero-order valence-corrected chi connectivity index (χ0v) is 13.3. The van der Waals surface area contributed by atoms with Crippen LogP contribution in [0.1, 0.15) is 25.1 Å². The topological polar surface area (TPSA) is 93.4 Å². The van der Waals surface area contributed by atoms with Crippen LogP contribution in [0.5, 0.6) is 5.75 Å². The molecule has 1 aliphatic heterocycles. The molecule has 0 aliphatic carbocycles. The van der Waals surface area contributed by atoms with Crippen LogP contribution in [0.2, 0.25) is 0 Å². The lowest BCUT2D eigenvalue weighted by molar-refractivity contribution is -0.144. The molecule has 1 aromatic carbocycles. The highest BCUT2D eigenvalue weighted by atomic mass is 19.3. The second-order valence-corrected chi connectivity index (χ2v) is 5.70. The van der Waals surface area contributed by atoms with Crippen molar-refractivity contribution in [2.45, 2.75) is 38.5 Å². The number of aliphatic carboxylic acids is 1. The lowest BCUT2D eigenvalue weighted by atomic mass is 10.0. The molecule has 0 radical (unpaired) electrons. The molecule has 0 saturated carbocycles. The zero-order chi connectivity index (χ0) is 17.8. The minimum atomic E-state index is -2.89. The number of hydrogen-bond acceptors (Lipinski definition) is 6. The molecule has 1 aromatic heterocycles. The van der Waals surface area contributed by atoms with E-state index in [1.807, 2.05) is 4.90 Å². The van der Waals surface area contributed by atoms with Gasteiger partial charge in [-0.15, -0.1) is 5.10 Å². The van der Waals surface area contributed by atoms with Gasteiger partial charge >= 0.3 is 12.6 Å². The minimum Gasteiger partial charge on any atom is -0.480 e. The minimum absolute atomic E-state index is 0.0374. The average molecular weight is 353 g/mol. The SMILES string of the molecule is O=C(O)C1CCCCN1Cc1nnnn1-c1ccc(OC(F)F)cc1. The monoisotopic (exact) mass is 353 g/mol. The quantitative estimate of drug-likeness (QED) is 0.845. The fourth-order valence-corrected chi connectivity index (χ4v) is 2.92. The Hall–Kier alpha value is -2.62. The van der Waals surface area contributed by atoms with Gasteiger partial charge in [0.25, 0.3) is 0 Å². The van der Waals surface area contributed by atoms with Gasteiger partial charge in [-0.25, -0.2) is 0 Å². The standard InChI is InChI=1S/C15H17F2N5O3/c16-15(17)25-11-6-4-10(5-7-11)22-13(18-19-20-22)9-21-8-2-1-3-12(21)14(23)24/h4-7,12,15H,1-3,8-9H2,(H,23,24). The Balaban J connectivity index is 1.77. The van der Waals surface area contributed by atoms with E-state index >= 15 is 0 Å². The number of nitrogens with zero attached hydrogens (tertiary/aromatic N) is 5. The zero-order valence-electron chi connectivity index (χ0n) is 13.3. The molecule has 25 heavy (non-hydrogen) atoms. The van der Waals surface area contributed by atoms with Crippen LogP contribution in [-0.2, 0) is 11.3 Å². The summed E-state index contributed by atoms with van der Waals surface area (Å²) >= 11 is 0. The normalized spacial score (nSPS) is 18.4. The number of carboxylic acid groups (broad SMARTS) is 1. The number of carbonyl (C=O) groups is 1. The van der Waals surface area contributed by atoms with Crippen LogP contribution in [0.25, 0.3) is 5.69 Å². The van der Waals surface area contributed by atoms with Gasteiger partial charge in [-0.1, -0.05) is 6.42 Å². The predicted molar refractivity (Wildman–Crippen MR) is 81.5 cm³/mol. The third kappa shape index (κ3) is 4.08. The summed E-state index contributed by atoms with van der Waals surface area (Å²) in [5.74, 6) is -0.335. The number of likely N-dealkylation sites (tertiary alicyclic amines) is 1. The van der Waals surface area contributed by atoms with Crippen LogP contribution in [0, 0.1) is 0 Å². The Morgan fingerprint density at radius 3 is 2.76 bits per heavy atom. The predicted octanol–water partition coefficient (Wildman–Crippen LogP) is 1.70. The molecule has 2 heterocycles. The maximum atomic E-state index is 12.2. The van der Waals surface area contributed by atoms with E-state index in [4.69, 9.17) is 0 Å². The molecular formula is C15H17F2N5O3. The van der Waals surface area contributed by atoms with Gasteiger partial charge in [0, 0.05) is 0 Å². The van der Waals surface area contributed by atoms with Crippen molar-refractivity contribution in [3.8, 4) is 11.4 Å². The molecule has 0 bridgehead atoms. The molecule has 8 nitrogen and oxygen atoms in total. The fourth-order valence-electron chi connectivity index (χ4n) is 2.92. The number of tetrazole rings is 1. The van der Waals surface area contributed by atoms with Gasteiger partial charge in [-0.3, -0.25) is 9.69 Å². The number of hydrogen-bond donors (Lipinski definition) is 1. The lowest BCUT2D eigenvalue weighted by Crippen LogP contribution is -2.44. The summed E-state index contributed by atoms with van der Waals surface area (Å²) in [4.78, 5) is 13.2. The van der Waals surface area contributed by atoms with Crippen molar-refractivity contribution in [3.05, 3.63) is 30.1 Å². The molecule has 1 saturated heterocycles. The maximum Gasteiger partial charge on any atom is 0.387 e. The number of rotatable bonds is 6. The third-order valence-electron chi connectivity index (χ3n) is 4.08. The fraction of sp³-hybridized carbons (Fsp3) is 0.467. The Kier molecular flexibility index (Phi) is 5.17. The van der Waals surface area contributed by atoms with Gasteiger partial charge in [0.1, 0.15) is 11.8 Å². The number of alkyl halides is 2. The Morgan fingerprint density at radius 1 is 1.32 bits per heavy atom. The van der Waals surface area contributed by atoms with Crippen molar-refractivity contribution >= 4 is 5.97 Å². The summed E-state index contributed by atoms with van der Waals surface area (Å²) in [6.45, 7) is -1.94. The molecule has 1 N–H and O–H groups in total. The molecular weight excluding hydrogens is 336 g/mol. The highest BCUT2D eigenvalue weighted by Gasteiger charge is 2.29. The summed E-state index contributed by atoms with van der Waals surface area (Å²) in [6, 6.07) is 5.35. The van der Waals surface area contributed by atoms with E-state index < -0.39 is 18.6 Å². The van der Waals surface area contributed by atoms with E-state index in [1.54, 1.807) is 12.1 Å². The summed E-state index contributed by atoms with van der Waals surface area (Å²) in [5.41, 5.74) is 0.575. The van der Waals surface area contributed by atoms with Crippen molar-refractivity contribution in [1.82, 2.24) is 25.1 Å². The average Bonchev–Trinajstić information content (AvgIpc) is 3.03. The molecule has 134 valence electrons. The van der Waals surface area contributed by atoms with Gasteiger partial charge < -0.3 is 9.84 Å². The van der Waals surface area contributed by atoms with Gasteiger partial charge in [0.05, 0.1) is 12.2 Å². The smallest absolute Gasteiger partial charge is 0.387 e. The summed E-state index contributed by atoms with van der Waals surface area (Å²) < 4.78 is 30.2. The number of piperidine rings is 1. The van der Waals surface area contributed by atoms with Gasteiger partial charge in [-0.2, -0.15) is 13.5 Å². The number of benzene rings is 1. The van der Waals surface area contributed by atoms with E-state index in [0.29, 0.717) is 31.0 Å². The number of halogens is 2. The van der Waals surface area contributed by atoms with E-state index in [1.165, 1.54) is 16.8 Å². The van der Waals surface area contributed by atoms with E-state index in [0.717, 1.165) is 12.8 Å². The third-order valence-corrected chi connectivity index (χ3v) is 4.08. The van der Waals surface area contributed by atoms with Gasteiger partial charge in [-0.05, 0) is 54.1 Å². The Morgan fingerprint density at radius 2 is 2.08 bits per heavy atom. The first-order valence-corrected chi connectivity index (χ1v) is 7.84. The molecule has 1 unspecified atom stereocenters. The Labute approximate surface area is 142 Å². The van der Waals surface area contributed by atoms with Crippen LogP contribution in [0.3, 0.4) is 0 Å². The molecule has 1 fully saturated rings. The van der Waals surface area contributed by atoms with Crippen molar-refractivity contribution < 1.29 is 23.4 Å². The first kappa shape index (κ1) is 17.2. The first-order chi connectivity index (χ1) is 12.0. The molecule has 10 heteroatoms. The maximum absolute atomic E-state index is 12.2. The highest BCUT2D eigenvalue weighted by Crippen LogP contribution is 2.21. The van der Waals surface area contributed by atoms with Crippen LogP contribution < -0.4 is 4.74 Å². The molecule has 1 aliphatic rings. The lowest BCUT2D eigenvalue weighted by Gasteiger charge is -2.32. The molecule has 2 aromatic rings. The highest BCUT2D eigenvalue weighted by molar-refractivity contribution is 5.73. The summed E-state index contributed by atoms with van der Waals surface area (Å²) in [7, 11) is 0. The molecule has 3 rings (SSSR count). The number of ether oxygens (including phenoxy) is 1. The number of aromatic nitrogens is 4. The molecule has 0 spiro atoms. The van der Waals surface area contributed by atoms with E-state index in [9.17, 15) is 18.7 Å². The summed E-state index contributed by atoms with van der Waals surface area (Å²) in [5, 5.41) is 20.9. The second kappa shape index (κ2) is 7.51. The van der Waals surface area contributed by atoms with E-state index in [-0.39, 0.29) is 5.75 Å². The first-order valence-electron chi connectivity index (χ1n) is 7.84. The molecule has 1 atom stereocenters. The van der Waals surface area contributed by atoms with Crippen LogP contribution in [0.15, 0.2) is 24.3 Å². The second-order valence-electron chi connectivity index (χ2n) is 5.70. The van der Waals surface area contributed by atoms with Crippen molar-refractivity contribution in [3.63, 3.8) is 0 Å². The largest absolute Gasteiger partial charge is 0.480 e. The van der Waals surface area contributed by atoms with Crippen molar-refractivity contribution in [1.29, 1.82) is 0 Å². The van der Waals surface area contributed by atoms with Gasteiger partial charge in [0.2, 0.25) is 0 Å². The molecule has 0 amide bonds. The van der Waals surface area contributed by atoms with E-state index in [2.05, 4.69) is 20.3 Å². The number of carboxylic acids is 1. The van der Waals surface area contributed by atoms with Gasteiger partial charge in [0.15, 0.2) is 5.82 Å². The van der Waals surface area contributed by atoms with Crippen LogP contribution in [-0.4, -0.2) is 55.4 Å². The van der Waals surface area contributed by atoms with Crippen LogP contribution in [0.4, 0.5) is 8.78 Å². The van der Waals surface area contributed by atoms with Crippen LogP contribution >= 0.6 is 0 Å². The van der Waals surface area contributed by atoms with Crippen molar-refractivity contribution in [2.24, 2.45) is 0 Å². The Bertz CT molecular complexity index is 722.